The first-order chi connectivity index (χ1) is 6.94. The van der Waals surface area contributed by atoms with Gasteiger partial charge in [-0.05, 0) is 39.0 Å². The van der Waals surface area contributed by atoms with Gasteiger partial charge in [0.1, 0.15) is 0 Å². The van der Waals surface area contributed by atoms with Crippen molar-refractivity contribution in [3.63, 3.8) is 0 Å². The van der Waals surface area contributed by atoms with Crippen LogP contribution in [-0.4, -0.2) is 34.0 Å². The highest BCUT2D eigenvalue weighted by atomic mass is 16.5. The minimum absolute atomic E-state index is 0.112. The van der Waals surface area contributed by atoms with Crippen LogP contribution < -0.4 is 0 Å². The van der Waals surface area contributed by atoms with Gasteiger partial charge >= 0.3 is 5.97 Å². The van der Waals surface area contributed by atoms with Crippen LogP contribution in [0.1, 0.15) is 40.0 Å². The molecule has 0 spiro atoms. The number of hydrogen-bond acceptors (Lipinski definition) is 3. The lowest BCUT2D eigenvalue weighted by Gasteiger charge is -2.32. The van der Waals surface area contributed by atoms with Gasteiger partial charge in [-0.25, -0.2) is 4.79 Å². The van der Waals surface area contributed by atoms with Crippen LogP contribution in [0.2, 0.25) is 0 Å². The molecule has 0 aliphatic heterocycles. The fourth-order valence-electron chi connectivity index (χ4n) is 1.82. The van der Waals surface area contributed by atoms with Crippen molar-refractivity contribution >= 4 is 5.97 Å². The molecule has 0 aromatic heterocycles. The fourth-order valence-corrected chi connectivity index (χ4v) is 1.82. The molecule has 1 aliphatic rings. The summed E-state index contributed by atoms with van der Waals surface area (Å²) in [5.41, 5.74) is -1.09. The molecule has 0 bridgehead atoms. The quantitative estimate of drug-likeness (QED) is 0.704. The van der Waals surface area contributed by atoms with Crippen LogP contribution in [0.3, 0.4) is 0 Å². The molecule has 0 saturated heterocycles. The van der Waals surface area contributed by atoms with E-state index in [-0.39, 0.29) is 5.92 Å². The predicted molar refractivity (Wildman–Crippen MR) is 55.6 cm³/mol. The minimum Gasteiger partial charge on any atom is -0.479 e. The van der Waals surface area contributed by atoms with Crippen LogP contribution in [-0.2, 0) is 9.53 Å². The number of carbonyl (C=O) groups is 1. The SMILES string of the molecule is CCC(OC(C)C(C)O)(C(=O)O)C1CC1. The third kappa shape index (κ3) is 2.49. The summed E-state index contributed by atoms with van der Waals surface area (Å²) in [6.07, 6.45) is 1.18. The molecule has 1 rings (SSSR count). The Bertz CT molecular complexity index is 235. The van der Waals surface area contributed by atoms with E-state index in [1.807, 2.05) is 6.92 Å². The van der Waals surface area contributed by atoms with Crippen LogP contribution in [0.25, 0.3) is 0 Å². The maximum atomic E-state index is 11.3. The van der Waals surface area contributed by atoms with E-state index in [0.29, 0.717) is 6.42 Å². The average Bonchev–Trinajstić information content (AvgIpc) is 2.96. The number of hydrogen-bond donors (Lipinski definition) is 2. The summed E-state index contributed by atoms with van der Waals surface area (Å²) in [6, 6.07) is 0. The van der Waals surface area contributed by atoms with Gasteiger partial charge in [0.2, 0.25) is 0 Å². The smallest absolute Gasteiger partial charge is 0.336 e. The minimum atomic E-state index is -1.09. The summed E-state index contributed by atoms with van der Waals surface area (Å²) < 4.78 is 5.58. The molecule has 0 radical (unpaired) electrons. The molecular formula is C11H20O4. The lowest BCUT2D eigenvalue weighted by molar-refractivity contribution is -0.185. The van der Waals surface area contributed by atoms with E-state index >= 15 is 0 Å². The van der Waals surface area contributed by atoms with Crippen molar-refractivity contribution in [2.24, 2.45) is 5.92 Å². The molecule has 0 aromatic rings. The van der Waals surface area contributed by atoms with Crippen LogP contribution >= 0.6 is 0 Å². The molecule has 3 atom stereocenters. The van der Waals surface area contributed by atoms with E-state index in [0.717, 1.165) is 12.8 Å². The average molecular weight is 216 g/mol. The largest absolute Gasteiger partial charge is 0.479 e. The van der Waals surface area contributed by atoms with E-state index in [9.17, 15) is 15.0 Å². The maximum absolute atomic E-state index is 11.3. The summed E-state index contributed by atoms with van der Waals surface area (Å²) >= 11 is 0. The molecule has 88 valence electrons. The second kappa shape index (κ2) is 4.49. The summed E-state index contributed by atoms with van der Waals surface area (Å²) in [7, 11) is 0. The van der Waals surface area contributed by atoms with Crippen molar-refractivity contribution in [2.45, 2.75) is 57.8 Å². The molecule has 1 fully saturated rings. The Morgan fingerprint density at radius 3 is 2.33 bits per heavy atom. The lowest BCUT2D eigenvalue weighted by atomic mass is 9.94. The monoisotopic (exact) mass is 216 g/mol. The van der Waals surface area contributed by atoms with Gasteiger partial charge in [-0.15, -0.1) is 0 Å². The predicted octanol–water partition coefficient (Wildman–Crippen LogP) is 1.42. The molecule has 1 aliphatic carbocycles. The highest BCUT2D eigenvalue weighted by molar-refractivity contribution is 5.78. The zero-order chi connectivity index (χ0) is 11.6. The first-order valence-corrected chi connectivity index (χ1v) is 5.53. The normalized spacial score (nSPS) is 24.3. The van der Waals surface area contributed by atoms with Gasteiger partial charge in [0.05, 0.1) is 12.2 Å². The molecule has 1 saturated carbocycles. The third-order valence-corrected chi connectivity index (χ3v) is 3.20. The van der Waals surface area contributed by atoms with E-state index in [1.54, 1.807) is 13.8 Å². The third-order valence-electron chi connectivity index (χ3n) is 3.20. The highest BCUT2D eigenvalue weighted by Gasteiger charge is 2.52. The zero-order valence-corrected chi connectivity index (χ0v) is 9.56. The second-order valence-corrected chi connectivity index (χ2v) is 4.39. The van der Waals surface area contributed by atoms with Crippen molar-refractivity contribution in [1.29, 1.82) is 0 Å². The van der Waals surface area contributed by atoms with Crippen LogP contribution in [0.4, 0.5) is 0 Å². The molecule has 4 heteroatoms. The van der Waals surface area contributed by atoms with Gasteiger partial charge in [0.25, 0.3) is 0 Å². The molecule has 15 heavy (non-hydrogen) atoms. The Kier molecular flexibility index (Phi) is 3.73. The van der Waals surface area contributed by atoms with E-state index in [1.165, 1.54) is 0 Å². The highest BCUT2D eigenvalue weighted by Crippen LogP contribution is 2.44. The molecule has 0 aromatic carbocycles. The Hall–Kier alpha value is -0.610. The zero-order valence-electron chi connectivity index (χ0n) is 9.56. The van der Waals surface area contributed by atoms with Crippen LogP contribution in [0.5, 0.6) is 0 Å². The Balaban J connectivity index is 2.75. The standard InChI is InChI=1S/C11H20O4/c1-4-11(10(13)14,9-5-6-9)15-8(3)7(2)12/h7-9,12H,4-6H2,1-3H3,(H,13,14). The summed E-state index contributed by atoms with van der Waals surface area (Å²) in [4.78, 5) is 11.3. The van der Waals surface area contributed by atoms with Gasteiger partial charge in [-0.2, -0.15) is 0 Å². The lowest BCUT2D eigenvalue weighted by Crippen LogP contribution is -2.47. The van der Waals surface area contributed by atoms with Crippen molar-refractivity contribution in [1.82, 2.24) is 0 Å². The number of carboxylic acid groups (broad SMARTS) is 1. The first kappa shape index (κ1) is 12.5. The van der Waals surface area contributed by atoms with Crippen molar-refractivity contribution in [3.05, 3.63) is 0 Å². The molecule has 2 N–H and O–H groups in total. The van der Waals surface area contributed by atoms with E-state index < -0.39 is 23.8 Å². The molecule has 4 nitrogen and oxygen atoms in total. The second-order valence-electron chi connectivity index (χ2n) is 4.39. The fraction of sp³-hybridized carbons (Fsp3) is 0.909. The molecule has 0 heterocycles. The number of aliphatic carboxylic acids is 1. The van der Waals surface area contributed by atoms with Gasteiger partial charge in [0, 0.05) is 0 Å². The van der Waals surface area contributed by atoms with Crippen molar-refractivity contribution in [3.8, 4) is 0 Å². The molecule has 0 amide bonds. The summed E-state index contributed by atoms with van der Waals surface area (Å²) in [6.45, 7) is 5.14. The van der Waals surface area contributed by atoms with Gasteiger partial charge in [-0.3, -0.25) is 0 Å². The van der Waals surface area contributed by atoms with Crippen molar-refractivity contribution in [2.75, 3.05) is 0 Å². The van der Waals surface area contributed by atoms with E-state index in [2.05, 4.69) is 0 Å². The Morgan fingerprint density at radius 2 is 2.07 bits per heavy atom. The number of aliphatic hydroxyl groups is 1. The molecule has 3 unspecified atom stereocenters. The number of aliphatic hydroxyl groups excluding tert-OH is 1. The Labute approximate surface area is 90.2 Å². The summed E-state index contributed by atoms with van der Waals surface area (Å²) in [5.74, 6) is -0.791. The van der Waals surface area contributed by atoms with Gasteiger partial charge in [0.15, 0.2) is 5.60 Å². The van der Waals surface area contributed by atoms with Gasteiger partial charge in [-0.1, -0.05) is 6.92 Å². The Morgan fingerprint density at radius 1 is 1.53 bits per heavy atom. The summed E-state index contributed by atoms with van der Waals surface area (Å²) in [5, 5.41) is 18.6. The first-order valence-electron chi connectivity index (χ1n) is 5.53. The van der Waals surface area contributed by atoms with Crippen molar-refractivity contribution < 1.29 is 19.7 Å². The van der Waals surface area contributed by atoms with Crippen LogP contribution in [0, 0.1) is 5.92 Å². The number of ether oxygens (including phenoxy) is 1. The number of carboxylic acids is 1. The maximum Gasteiger partial charge on any atom is 0.336 e. The van der Waals surface area contributed by atoms with Gasteiger partial charge < -0.3 is 14.9 Å². The molecular weight excluding hydrogens is 196 g/mol. The van der Waals surface area contributed by atoms with E-state index in [4.69, 9.17) is 4.74 Å². The number of rotatable bonds is 6. The van der Waals surface area contributed by atoms with Crippen LogP contribution in [0.15, 0.2) is 0 Å². The topological polar surface area (TPSA) is 66.8 Å².